The number of hydrogen-bond donors (Lipinski definition) is 1. The first kappa shape index (κ1) is 19.3. The van der Waals surface area contributed by atoms with Crippen LogP contribution in [0.1, 0.15) is 11.7 Å². The Bertz CT molecular complexity index is 2050. The van der Waals surface area contributed by atoms with Crippen molar-refractivity contribution in [3.63, 3.8) is 0 Å². The minimum atomic E-state index is 0.0270. The highest BCUT2D eigenvalue weighted by Gasteiger charge is 2.40. The van der Waals surface area contributed by atoms with Crippen molar-refractivity contribution in [1.82, 2.24) is 0 Å². The van der Waals surface area contributed by atoms with Crippen LogP contribution in [0.5, 0.6) is 0 Å². The molecule has 0 radical (unpaired) electrons. The molecule has 2 aromatic heterocycles. The SMILES string of the molecule is c1ccc2c(c1)NC1c3ccccc3-c3oc4ccc(-c5ccc6oc7ccccc7c6c5)cc4c3N21. The average Bonchev–Trinajstić information content (AvgIpc) is 3.63. The van der Waals surface area contributed by atoms with Crippen LogP contribution in [0.4, 0.5) is 17.1 Å². The Kier molecular flexibility index (Phi) is 3.55. The molecule has 0 fully saturated rings. The number of fused-ring (bicyclic) bond motifs is 13. The van der Waals surface area contributed by atoms with Gasteiger partial charge >= 0.3 is 0 Å². The van der Waals surface area contributed by atoms with Gasteiger partial charge < -0.3 is 19.1 Å². The monoisotopic (exact) mass is 476 g/mol. The van der Waals surface area contributed by atoms with Crippen LogP contribution in [0, 0.1) is 0 Å². The molecular weight excluding hydrogens is 456 g/mol. The third kappa shape index (κ3) is 2.51. The minimum Gasteiger partial charge on any atom is -0.456 e. The Morgan fingerprint density at radius 3 is 2.22 bits per heavy atom. The van der Waals surface area contributed by atoms with E-state index in [4.69, 9.17) is 8.83 Å². The molecule has 0 bridgehead atoms. The van der Waals surface area contributed by atoms with Crippen LogP contribution >= 0.6 is 0 Å². The van der Waals surface area contributed by atoms with E-state index in [0.29, 0.717) is 0 Å². The zero-order chi connectivity index (χ0) is 24.1. The molecule has 0 aliphatic carbocycles. The summed E-state index contributed by atoms with van der Waals surface area (Å²) in [5.74, 6) is 0.925. The van der Waals surface area contributed by atoms with Crippen LogP contribution in [0.25, 0.3) is 55.4 Å². The molecule has 2 aliphatic heterocycles. The van der Waals surface area contributed by atoms with Gasteiger partial charge in [0.15, 0.2) is 5.76 Å². The molecule has 37 heavy (non-hydrogen) atoms. The molecule has 0 saturated heterocycles. The smallest absolute Gasteiger partial charge is 0.159 e. The van der Waals surface area contributed by atoms with E-state index < -0.39 is 0 Å². The Morgan fingerprint density at radius 1 is 0.595 bits per heavy atom. The fraction of sp³-hybridized carbons (Fsp3) is 0.0303. The number of anilines is 3. The van der Waals surface area contributed by atoms with Crippen molar-refractivity contribution >= 4 is 50.0 Å². The second kappa shape index (κ2) is 6.83. The zero-order valence-electron chi connectivity index (χ0n) is 19.7. The van der Waals surface area contributed by atoms with E-state index in [9.17, 15) is 0 Å². The maximum atomic E-state index is 6.56. The molecule has 1 unspecified atom stereocenters. The van der Waals surface area contributed by atoms with Gasteiger partial charge in [-0.05, 0) is 53.6 Å². The second-order valence-corrected chi connectivity index (χ2v) is 9.82. The Hall–Kier alpha value is -4.96. The van der Waals surface area contributed by atoms with Crippen molar-refractivity contribution in [3.8, 4) is 22.5 Å². The van der Waals surface area contributed by atoms with E-state index in [0.717, 1.165) is 66.7 Å². The first-order valence-corrected chi connectivity index (χ1v) is 12.6. The zero-order valence-corrected chi connectivity index (χ0v) is 19.7. The van der Waals surface area contributed by atoms with E-state index in [1.807, 2.05) is 12.1 Å². The molecule has 2 aliphatic rings. The standard InChI is InChI=1S/C33H20N2O2/c1-2-9-23-22(8-1)32-31(35-27-11-5-4-10-26(27)34-33(23)35)25-18-20(14-16-30(25)37-32)19-13-15-29-24(17-19)21-7-3-6-12-28(21)36-29/h1-18,33-34H. The summed E-state index contributed by atoms with van der Waals surface area (Å²) in [5, 5.41) is 7.13. The number of para-hydroxylation sites is 3. The number of benzene rings is 5. The molecule has 0 amide bonds. The largest absolute Gasteiger partial charge is 0.456 e. The predicted molar refractivity (Wildman–Crippen MR) is 149 cm³/mol. The average molecular weight is 477 g/mol. The number of hydrogen-bond acceptors (Lipinski definition) is 4. The number of furan rings is 2. The van der Waals surface area contributed by atoms with Crippen LogP contribution in [-0.2, 0) is 0 Å². The van der Waals surface area contributed by atoms with E-state index in [1.54, 1.807) is 0 Å². The third-order valence-corrected chi connectivity index (χ3v) is 7.83. The summed E-state index contributed by atoms with van der Waals surface area (Å²) in [6.07, 6.45) is 0.0270. The summed E-state index contributed by atoms with van der Waals surface area (Å²) in [6.45, 7) is 0. The second-order valence-electron chi connectivity index (χ2n) is 9.82. The summed E-state index contributed by atoms with van der Waals surface area (Å²) >= 11 is 0. The van der Waals surface area contributed by atoms with Crippen molar-refractivity contribution in [2.45, 2.75) is 6.17 Å². The third-order valence-electron chi connectivity index (χ3n) is 7.83. The van der Waals surface area contributed by atoms with Gasteiger partial charge in [-0.3, -0.25) is 0 Å². The molecule has 0 saturated carbocycles. The highest BCUT2D eigenvalue weighted by Crippen LogP contribution is 2.57. The molecule has 9 rings (SSSR count). The number of rotatable bonds is 1. The van der Waals surface area contributed by atoms with Gasteiger partial charge in [0.25, 0.3) is 0 Å². The van der Waals surface area contributed by atoms with Crippen LogP contribution in [0.3, 0.4) is 0 Å². The van der Waals surface area contributed by atoms with Gasteiger partial charge in [0.2, 0.25) is 0 Å². The summed E-state index contributed by atoms with van der Waals surface area (Å²) in [7, 11) is 0. The lowest BCUT2D eigenvalue weighted by atomic mass is 9.95. The molecule has 4 heteroatoms. The number of nitrogens with zero attached hydrogens (tertiary/aromatic N) is 1. The van der Waals surface area contributed by atoms with Crippen molar-refractivity contribution in [2.75, 3.05) is 10.2 Å². The molecule has 0 spiro atoms. The first-order valence-electron chi connectivity index (χ1n) is 12.6. The van der Waals surface area contributed by atoms with E-state index in [1.165, 1.54) is 11.3 Å². The molecule has 1 N–H and O–H groups in total. The lowest BCUT2D eigenvalue weighted by Crippen LogP contribution is -2.27. The summed E-state index contributed by atoms with van der Waals surface area (Å²) in [6, 6.07) is 38.3. The Balaban J connectivity index is 1.30. The highest BCUT2D eigenvalue weighted by molar-refractivity contribution is 6.09. The van der Waals surface area contributed by atoms with Gasteiger partial charge in [-0.15, -0.1) is 0 Å². The molecule has 4 heterocycles. The van der Waals surface area contributed by atoms with Crippen LogP contribution in [-0.4, -0.2) is 0 Å². The van der Waals surface area contributed by atoms with Crippen molar-refractivity contribution < 1.29 is 8.83 Å². The van der Waals surface area contributed by atoms with Gasteiger partial charge in [0.05, 0.1) is 17.1 Å². The normalized spacial score (nSPS) is 15.5. The Labute approximate surface area is 212 Å². The van der Waals surface area contributed by atoms with Gasteiger partial charge in [0, 0.05) is 27.3 Å². The van der Waals surface area contributed by atoms with Crippen molar-refractivity contribution in [1.29, 1.82) is 0 Å². The highest BCUT2D eigenvalue weighted by atomic mass is 16.3. The minimum absolute atomic E-state index is 0.0270. The van der Waals surface area contributed by atoms with Crippen molar-refractivity contribution in [2.24, 2.45) is 0 Å². The first-order chi connectivity index (χ1) is 18.3. The quantitative estimate of drug-likeness (QED) is 0.256. The fourth-order valence-corrected chi connectivity index (χ4v) is 6.16. The van der Waals surface area contributed by atoms with E-state index in [-0.39, 0.29) is 6.17 Å². The molecule has 7 aromatic rings. The van der Waals surface area contributed by atoms with Crippen LogP contribution in [0.2, 0.25) is 0 Å². The van der Waals surface area contributed by atoms with Gasteiger partial charge in [0.1, 0.15) is 22.9 Å². The van der Waals surface area contributed by atoms with Crippen LogP contribution in [0.15, 0.2) is 118 Å². The summed E-state index contributed by atoms with van der Waals surface area (Å²) < 4.78 is 12.6. The van der Waals surface area contributed by atoms with Gasteiger partial charge in [-0.1, -0.05) is 66.7 Å². The molecule has 5 aromatic carbocycles. The molecule has 174 valence electrons. The maximum absolute atomic E-state index is 6.56. The lowest BCUT2D eigenvalue weighted by molar-refractivity contribution is 0.622. The topological polar surface area (TPSA) is 41.6 Å². The summed E-state index contributed by atoms with van der Waals surface area (Å²) in [5.41, 5.74) is 10.8. The van der Waals surface area contributed by atoms with E-state index in [2.05, 4.69) is 107 Å². The Morgan fingerprint density at radius 2 is 1.30 bits per heavy atom. The van der Waals surface area contributed by atoms with Gasteiger partial charge in [-0.2, -0.15) is 0 Å². The molecule has 4 nitrogen and oxygen atoms in total. The number of nitrogens with one attached hydrogen (secondary N) is 1. The lowest BCUT2D eigenvalue weighted by Gasteiger charge is -2.32. The molecule has 1 atom stereocenters. The van der Waals surface area contributed by atoms with Crippen LogP contribution < -0.4 is 10.2 Å². The fourth-order valence-electron chi connectivity index (χ4n) is 6.16. The maximum Gasteiger partial charge on any atom is 0.159 e. The molecular formula is C33H20N2O2. The van der Waals surface area contributed by atoms with E-state index >= 15 is 0 Å². The van der Waals surface area contributed by atoms with Gasteiger partial charge in [-0.25, -0.2) is 0 Å². The summed E-state index contributed by atoms with van der Waals surface area (Å²) in [4.78, 5) is 2.40. The van der Waals surface area contributed by atoms with Crippen molar-refractivity contribution in [3.05, 3.63) is 115 Å². The predicted octanol–water partition coefficient (Wildman–Crippen LogP) is 9.24.